The first-order valence-corrected chi connectivity index (χ1v) is 8.80. The van der Waals surface area contributed by atoms with Crippen LogP contribution in [0.25, 0.3) is 0 Å². The number of fused-ring (bicyclic) bond motifs is 1. The molecule has 0 bridgehead atoms. The molecule has 3 amide bonds. The van der Waals surface area contributed by atoms with Crippen LogP contribution < -0.4 is 5.32 Å². The predicted molar refractivity (Wildman–Crippen MR) is 93.1 cm³/mol. The number of carbonyl (C=O) groups excluding carboxylic acids is 4. The summed E-state index contributed by atoms with van der Waals surface area (Å²) in [5.74, 6) is -3.51. The van der Waals surface area contributed by atoms with Gasteiger partial charge in [-0.3, -0.25) is 24.1 Å². The summed E-state index contributed by atoms with van der Waals surface area (Å²) in [6, 6.07) is 3.75. The van der Waals surface area contributed by atoms with Crippen molar-refractivity contribution < 1.29 is 37.1 Å². The molecule has 1 heterocycles. The maximum absolute atomic E-state index is 12.5. The zero-order valence-corrected chi connectivity index (χ0v) is 15.1. The number of hydrogen-bond acceptors (Lipinski definition) is 5. The number of likely N-dealkylation sites (tertiary alicyclic amines) is 1. The first-order chi connectivity index (χ1) is 13.7. The van der Waals surface area contributed by atoms with Gasteiger partial charge < -0.3 is 10.1 Å². The van der Waals surface area contributed by atoms with E-state index in [1.807, 2.05) is 12.2 Å². The summed E-state index contributed by atoms with van der Waals surface area (Å²) in [5, 5.41) is 2.29. The van der Waals surface area contributed by atoms with Crippen LogP contribution in [0.5, 0.6) is 0 Å². The number of nitrogens with zero attached hydrogens (tertiary/aromatic N) is 1. The number of anilines is 1. The van der Waals surface area contributed by atoms with Crippen molar-refractivity contribution >= 4 is 29.4 Å². The van der Waals surface area contributed by atoms with Crippen LogP contribution in [0.15, 0.2) is 36.4 Å². The average Bonchev–Trinajstić information content (AvgIpc) is 2.91. The minimum absolute atomic E-state index is 0.0977. The summed E-state index contributed by atoms with van der Waals surface area (Å²) in [5.41, 5.74) is -0.766. The molecule has 0 spiro atoms. The Balaban J connectivity index is 1.47. The first kappa shape index (κ1) is 20.6. The van der Waals surface area contributed by atoms with E-state index >= 15 is 0 Å². The van der Waals surface area contributed by atoms with Gasteiger partial charge >= 0.3 is 12.1 Å². The lowest BCUT2D eigenvalue weighted by Gasteiger charge is -2.14. The van der Waals surface area contributed by atoms with Crippen LogP contribution in [0, 0.1) is 11.8 Å². The number of allylic oxidation sites excluding steroid dienone is 2. The highest BCUT2D eigenvalue weighted by Gasteiger charge is 2.47. The van der Waals surface area contributed by atoms with Crippen molar-refractivity contribution in [2.45, 2.75) is 19.0 Å². The number of hydrogen-bond donors (Lipinski definition) is 1. The Morgan fingerprint density at radius 3 is 2.10 bits per heavy atom. The van der Waals surface area contributed by atoms with E-state index in [1.54, 1.807) is 0 Å². The van der Waals surface area contributed by atoms with Gasteiger partial charge in [-0.2, -0.15) is 13.2 Å². The predicted octanol–water partition coefficient (Wildman–Crippen LogP) is 2.14. The summed E-state index contributed by atoms with van der Waals surface area (Å²) in [4.78, 5) is 49.1. The molecular weight excluding hydrogens is 393 g/mol. The molecule has 154 valence electrons. The summed E-state index contributed by atoms with van der Waals surface area (Å²) in [6.07, 6.45) is 0.0300. The molecule has 1 N–H and O–H groups in total. The SMILES string of the molecule is O=C(COC(=O)CN1C(=O)[C@@H]2CC=CC[C@H]2C1=O)Nc1ccc(C(F)(F)F)cc1. The number of alkyl halides is 3. The van der Waals surface area contributed by atoms with Crippen LogP contribution in [0.3, 0.4) is 0 Å². The van der Waals surface area contributed by atoms with Crippen LogP contribution in [0.1, 0.15) is 18.4 Å². The smallest absolute Gasteiger partial charge is 0.416 e. The number of ether oxygens (including phenoxy) is 1. The van der Waals surface area contributed by atoms with E-state index in [1.165, 1.54) is 0 Å². The van der Waals surface area contributed by atoms with Crippen molar-refractivity contribution in [3.8, 4) is 0 Å². The van der Waals surface area contributed by atoms with Crippen molar-refractivity contribution in [3.05, 3.63) is 42.0 Å². The van der Waals surface area contributed by atoms with Gasteiger partial charge in [-0.05, 0) is 37.1 Å². The Bertz CT molecular complexity index is 838. The van der Waals surface area contributed by atoms with Gasteiger partial charge in [0.25, 0.3) is 5.91 Å². The molecule has 2 aliphatic rings. The molecule has 1 aliphatic carbocycles. The Kier molecular flexibility index (Phi) is 5.71. The van der Waals surface area contributed by atoms with Crippen molar-refractivity contribution in [1.82, 2.24) is 4.90 Å². The number of nitrogens with one attached hydrogen (secondary N) is 1. The Morgan fingerprint density at radius 1 is 1.03 bits per heavy atom. The van der Waals surface area contributed by atoms with E-state index in [2.05, 4.69) is 5.32 Å². The largest absolute Gasteiger partial charge is 0.454 e. The van der Waals surface area contributed by atoms with Crippen LogP contribution >= 0.6 is 0 Å². The highest BCUT2D eigenvalue weighted by atomic mass is 19.4. The van der Waals surface area contributed by atoms with Crippen LogP contribution in [0.2, 0.25) is 0 Å². The maximum atomic E-state index is 12.5. The van der Waals surface area contributed by atoms with Crippen LogP contribution in [-0.4, -0.2) is 41.7 Å². The minimum Gasteiger partial charge on any atom is -0.454 e. The van der Waals surface area contributed by atoms with Crippen molar-refractivity contribution in [3.63, 3.8) is 0 Å². The molecule has 0 radical (unpaired) electrons. The molecule has 1 fully saturated rings. The number of carbonyl (C=O) groups is 4. The second kappa shape index (κ2) is 8.06. The third-order valence-corrected chi connectivity index (χ3v) is 4.75. The molecule has 1 aromatic rings. The molecule has 10 heteroatoms. The standard InChI is InChI=1S/C19H17F3N2O5/c20-19(21,22)11-5-7-12(8-6-11)23-15(25)10-29-16(26)9-24-17(27)13-3-1-2-4-14(13)18(24)28/h1-2,5-8,13-14H,3-4,9-10H2,(H,23,25)/t13-,14-/m1/s1. The monoisotopic (exact) mass is 410 g/mol. The Morgan fingerprint density at radius 2 is 1.59 bits per heavy atom. The summed E-state index contributed by atoms with van der Waals surface area (Å²) in [7, 11) is 0. The van der Waals surface area contributed by atoms with Crippen LogP contribution in [0.4, 0.5) is 18.9 Å². The lowest BCUT2D eigenvalue weighted by atomic mass is 9.85. The number of rotatable bonds is 5. The fourth-order valence-electron chi connectivity index (χ4n) is 3.29. The number of imide groups is 1. The number of halogens is 3. The van der Waals surface area contributed by atoms with Crippen molar-refractivity contribution in [2.24, 2.45) is 11.8 Å². The van der Waals surface area contributed by atoms with Gasteiger partial charge in [0.1, 0.15) is 6.54 Å². The number of esters is 1. The minimum atomic E-state index is -4.49. The van der Waals surface area contributed by atoms with Crippen molar-refractivity contribution in [2.75, 3.05) is 18.5 Å². The van der Waals surface area contributed by atoms with E-state index in [4.69, 9.17) is 4.74 Å². The summed E-state index contributed by atoms with van der Waals surface area (Å²) >= 11 is 0. The molecule has 1 aliphatic heterocycles. The summed E-state index contributed by atoms with van der Waals surface area (Å²) < 4.78 is 42.3. The van der Waals surface area contributed by atoms with E-state index in [0.717, 1.165) is 29.2 Å². The van der Waals surface area contributed by atoms with Crippen molar-refractivity contribution in [1.29, 1.82) is 0 Å². The molecule has 0 saturated carbocycles. The second-order valence-corrected chi connectivity index (χ2v) is 6.70. The van der Waals surface area contributed by atoms with E-state index in [-0.39, 0.29) is 5.69 Å². The maximum Gasteiger partial charge on any atom is 0.416 e. The first-order valence-electron chi connectivity index (χ1n) is 8.80. The quantitative estimate of drug-likeness (QED) is 0.456. The molecule has 1 saturated heterocycles. The number of benzene rings is 1. The molecule has 1 aromatic carbocycles. The lowest BCUT2D eigenvalue weighted by molar-refractivity contribution is -0.154. The molecule has 2 atom stereocenters. The van der Waals surface area contributed by atoms with Crippen LogP contribution in [-0.2, 0) is 30.1 Å². The molecule has 0 aromatic heterocycles. The molecule has 3 rings (SSSR count). The Labute approximate surface area is 163 Å². The average molecular weight is 410 g/mol. The van der Waals surface area contributed by atoms with Gasteiger partial charge in [-0.15, -0.1) is 0 Å². The fraction of sp³-hybridized carbons (Fsp3) is 0.368. The van der Waals surface area contributed by atoms with Gasteiger partial charge in [0.15, 0.2) is 6.61 Å². The molecule has 0 unspecified atom stereocenters. The van der Waals surface area contributed by atoms with E-state index in [9.17, 15) is 32.3 Å². The zero-order valence-electron chi connectivity index (χ0n) is 15.1. The molecule has 29 heavy (non-hydrogen) atoms. The topological polar surface area (TPSA) is 92.8 Å². The van der Waals surface area contributed by atoms with E-state index in [0.29, 0.717) is 12.8 Å². The van der Waals surface area contributed by atoms with Gasteiger partial charge in [0.05, 0.1) is 17.4 Å². The number of amides is 3. The fourth-order valence-corrected chi connectivity index (χ4v) is 3.29. The van der Waals surface area contributed by atoms with E-state index < -0.39 is 60.4 Å². The third-order valence-electron chi connectivity index (χ3n) is 4.75. The van der Waals surface area contributed by atoms with Gasteiger partial charge in [0.2, 0.25) is 11.8 Å². The van der Waals surface area contributed by atoms with Gasteiger partial charge in [0, 0.05) is 5.69 Å². The highest BCUT2D eigenvalue weighted by Crippen LogP contribution is 2.35. The molecular formula is C19H17F3N2O5. The normalized spacial score (nSPS) is 21.1. The van der Waals surface area contributed by atoms with Gasteiger partial charge in [-0.1, -0.05) is 12.2 Å². The zero-order chi connectivity index (χ0) is 21.2. The molecule has 7 nitrogen and oxygen atoms in total. The van der Waals surface area contributed by atoms with Gasteiger partial charge in [-0.25, -0.2) is 0 Å². The second-order valence-electron chi connectivity index (χ2n) is 6.70. The Hall–Kier alpha value is -3.17. The highest BCUT2D eigenvalue weighted by molar-refractivity contribution is 6.07. The lowest BCUT2D eigenvalue weighted by Crippen LogP contribution is -2.37. The third kappa shape index (κ3) is 4.64. The summed E-state index contributed by atoms with van der Waals surface area (Å²) in [6.45, 7) is -1.29.